The predicted molar refractivity (Wildman–Crippen MR) is 160 cm³/mol. The molecule has 216 valence electrons. The number of hydrogen-bond acceptors (Lipinski definition) is 8. The Hall–Kier alpha value is -3.63. The molecule has 1 aromatic carbocycles. The summed E-state index contributed by atoms with van der Waals surface area (Å²) in [7, 11) is 0. The number of allylic oxidation sites excluding steroid dienone is 2. The quantitative estimate of drug-likeness (QED) is 0.221. The highest BCUT2D eigenvalue weighted by Gasteiger charge is 2.49. The van der Waals surface area contributed by atoms with Crippen LogP contribution in [0.2, 0.25) is 0 Å². The molecule has 1 aliphatic carbocycles. The SMILES string of the molecule is CC1(C)C(c2ccccc2)=CC=CC1(Nc1nccc2cc(CNCC(=O)O)cnc12)OCCCN1CCOCC1. The third-order valence-corrected chi connectivity index (χ3v) is 7.90. The van der Waals surface area contributed by atoms with E-state index in [1.54, 1.807) is 12.4 Å². The van der Waals surface area contributed by atoms with Crippen LogP contribution in [0.25, 0.3) is 16.5 Å². The summed E-state index contributed by atoms with van der Waals surface area (Å²) in [4.78, 5) is 22.7. The highest BCUT2D eigenvalue weighted by Crippen LogP contribution is 2.49. The van der Waals surface area contributed by atoms with Crippen molar-refractivity contribution < 1.29 is 19.4 Å². The van der Waals surface area contributed by atoms with Crippen molar-refractivity contribution in [3.8, 4) is 0 Å². The van der Waals surface area contributed by atoms with E-state index in [0.29, 0.717) is 19.0 Å². The summed E-state index contributed by atoms with van der Waals surface area (Å²) in [5.41, 5.74) is 2.59. The Labute approximate surface area is 241 Å². The van der Waals surface area contributed by atoms with E-state index in [0.717, 1.165) is 61.3 Å². The molecule has 1 aliphatic heterocycles. The van der Waals surface area contributed by atoms with Crippen molar-refractivity contribution in [2.45, 2.75) is 32.5 Å². The zero-order valence-electron chi connectivity index (χ0n) is 23.8. The van der Waals surface area contributed by atoms with E-state index in [1.165, 1.54) is 5.57 Å². The standard InChI is InChI=1S/C32H39N5O4/c1-31(2)27(25-8-4-3-5-9-25)10-6-12-32(31,41-17-7-14-37-15-18-40-19-16-37)36-30-29-26(11-13-34-30)20-24(22-35-29)21-33-23-28(38)39/h3-6,8-13,20,22,33H,7,14-19,21,23H2,1-2H3,(H,34,36)(H,38,39). The van der Waals surface area contributed by atoms with Crippen LogP contribution in [0.3, 0.4) is 0 Å². The second-order valence-electron chi connectivity index (χ2n) is 11.0. The highest BCUT2D eigenvalue weighted by molar-refractivity contribution is 5.89. The summed E-state index contributed by atoms with van der Waals surface area (Å²) >= 11 is 0. The fraction of sp³-hybridized carbons (Fsp3) is 0.406. The first-order chi connectivity index (χ1) is 19.9. The number of ether oxygens (including phenoxy) is 2. The largest absolute Gasteiger partial charge is 0.480 e. The molecule has 9 heteroatoms. The molecular formula is C32H39N5O4. The van der Waals surface area contributed by atoms with E-state index < -0.39 is 17.1 Å². The van der Waals surface area contributed by atoms with Gasteiger partial charge in [0.05, 0.1) is 26.4 Å². The van der Waals surface area contributed by atoms with Gasteiger partial charge in [0.2, 0.25) is 0 Å². The van der Waals surface area contributed by atoms with E-state index in [1.807, 2.05) is 18.2 Å². The Bertz CT molecular complexity index is 1400. The van der Waals surface area contributed by atoms with Crippen molar-refractivity contribution in [3.05, 3.63) is 84.2 Å². The number of aromatic nitrogens is 2. The van der Waals surface area contributed by atoms with E-state index in [2.05, 4.69) is 71.9 Å². The van der Waals surface area contributed by atoms with Crippen molar-refractivity contribution >= 4 is 28.3 Å². The van der Waals surface area contributed by atoms with Crippen LogP contribution in [0.4, 0.5) is 5.82 Å². The lowest BCUT2D eigenvalue weighted by molar-refractivity contribution is -0.136. The second kappa shape index (κ2) is 12.9. The number of morpholine rings is 1. The van der Waals surface area contributed by atoms with Gasteiger partial charge in [-0.05, 0) is 41.3 Å². The van der Waals surface area contributed by atoms with Gasteiger partial charge < -0.3 is 25.2 Å². The first-order valence-electron chi connectivity index (χ1n) is 14.2. The normalized spacial score (nSPS) is 20.6. The summed E-state index contributed by atoms with van der Waals surface area (Å²) in [5, 5.41) is 16.5. The van der Waals surface area contributed by atoms with Gasteiger partial charge in [0.1, 0.15) is 5.52 Å². The van der Waals surface area contributed by atoms with Crippen molar-refractivity contribution in [3.63, 3.8) is 0 Å². The molecular weight excluding hydrogens is 518 g/mol. The van der Waals surface area contributed by atoms with Gasteiger partial charge in [-0.3, -0.25) is 14.7 Å². The maximum Gasteiger partial charge on any atom is 0.317 e. The maximum absolute atomic E-state index is 10.9. The summed E-state index contributed by atoms with van der Waals surface area (Å²) < 4.78 is 12.3. The third-order valence-electron chi connectivity index (χ3n) is 7.90. The maximum atomic E-state index is 10.9. The Kier molecular flexibility index (Phi) is 9.09. The van der Waals surface area contributed by atoms with Gasteiger partial charge in [0, 0.05) is 49.4 Å². The van der Waals surface area contributed by atoms with Gasteiger partial charge in [0.25, 0.3) is 0 Å². The molecule has 0 radical (unpaired) electrons. The average molecular weight is 558 g/mol. The number of nitrogens with zero attached hydrogens (tertiary/aromatic N) is 3. The van der Waals surface area contributed by atoms with E-state index >= 15 is 0 Å². The molecule has 1 atom stereocenters. The number of hydrogen-bond donors (Lipinski definition) is 3. The van der Waals surface area contributed by atoms with Crippen LogP contribution in [0.15, 0.2) is 73.1 Å². The van der Waals surface area contributed by atoms with Crippen molar-refractivity contribution in [1.29, 1.82) is 0 Å². The molecule has 3 N–H and O–H groups in total. The topological polar surface area (TPSA) is 109 Å². The lowest BCUT2D eigenvalue weighted by atomic mass is 9.69. The molecule has 9 nitrogen and oxygen atoms in total. The van der Waals surface area contributed by atoms with Crippen LogP contribution < -0.4 is 10.6 Å². The molecule has 0 bridgehead atoms. The van der Waals surface area contributed by atoms with Crippen molar-refractivity contribution in [1.82, 2.24) is 20.2 Å². The van der Waals surface area contributed by atoms with Gasteiger partial charge in [-0.25, -0.2) is 4.98 Å². The van der Waals surface area contributed by atoms with Crippen molar-refractivity contribution in [2.75, 3.05) is 51.3 Å². The van der Waals surface area contributed by atoms with E-state index in [-0.39, 0.29) is 6.54 Å². The Balaban J connectivity index is 1.42. The van der Waals surface area contributed by atoms with Crippen molar-refractivity contribution in [2.24, 2.45) is 5.41 Å². The lowest BCUT2D eigenvalue weighted by Gasteiger charge is -2.48. The predicted octanol–water partition coefficient (Wildman–Crippen LogP) is 4.33. The molecule has 5 rings (SSSR count). The number of fused-ring (bicyclic) bond motifs is 1. The highest BCUT2D eigenvalue weighted by atomic mass is 16.5. The zero-order valence-corrected chi connectivity index (χ0v) is 23.8. The number of pyridine rings is 2. The number of carboxylic acid groups (broad SMARTS) is 1. The Morgan fingerprint density at radius 1 is 1.15 bits per heavy atom. The monoisotopic (exact) mass is 557 g/mol. The number of aliphatic carboxylic acids is 1. The number of anilines is 1. The molecule has 2 aliphatic rings. The number of carbonyl (C=O) groups is 1. The lowest BCUT2D eigenvalue weighted by Crippen LogP contribution is -2.54. The smallest absolute Gasteiger partial charge is 0.317 e. The molecule has 0 saturated carbocycles. The molecule has 3 aromatic rings. The summed E-state index contributed by atoms with van der Waals surface area (Å²) in [6.07, 6.45) is 10.7. The minimum Gasteiger partial charge on any atom is -0.480 e. The first-order valence-corrected chi connectivity index (χ1v) is 14.2. The summed E-state index contributed by atoms with van der Waals surface area (Å²) in [6.45, 7) is 9.71. The van der Waals surface area contributed by atoms with Crippen LogP contribution >= 0.6 is 0 Å². The van der Waals surface area contributed by atoms with E-state index in [4.69, 9.17) is 24.5 Å². The first kappa shape index (κ1) is 28.9. The van der Waals surface area contributed by atoms with Crippen LogP contribution in [-0.2, 0) is 20.8 Å². The summed E-state index contributed by atoms with van der Waals surface area (Å²) in [5.74, 6) is -0.260. The van der Waals surface area contributed by atoms with Crippen LogP contribution in [0.5, 0.6) is 0 Å². The fourth-order valence-corrected chi connectivity index (χ4v) is 5.56. The Morgan fingerprint density at radius 3 is 2.73 bits per heavy atom. The molecule has 1 unspecified atom stereocenters. The molecule has 0 spiro atoms. The molecule has 1 fully saturated rings. The van der Waals surface area contributed by atoms with Gasteiger partial charge in [0.15, 0.2) is 11.5 Å². The zero-order chi connectivity index (χ0) is 28.7. The number of carboxylic acids is 1. The van der Waals surface area contributed by atoms with Crippen LogP contribution in [0, 0.1) is 5.41 Å². The van der Waals surface area contributed by atoms with Crippen LogP contribution in [-0.4, -0.2) is 77.7 Å². The van der Waals surface area contributed by atoms with Gasteiger partial charge in [-0.15, -0.1) is 0 Å². The average Bonchev–Trinajstić information content (AvgIpc) is 2.97. The molecule has 1 saturated heterocycles. The number of benzene rings is 1. The minimum atomic E-state index is -0.892. The molecule has 3 heterocycles. The van der Waals surface area contributed by atoms with Gasteiger partial charge in [-0.2, -0.15) is 0 Å². The third kappa shape index (κ3) is 6.65. The second-order valence-corrected chi connectivity index (χ2v) is 11.0. The van der Waals surface area contributed by atoms with Crippen LogP contribution in [0.1, 0.15) is 31.4 Å². The fourth-order valence-electron chi connectivity index (χ4n) is 5.56. The van der Waals surface area contributed by atoms with E-state index in [9.17, 15) is 4.79 Å². The minimum absolute atomic E-state index is 0.106. The van der Waals surface area contributed by atoms with Gasteiger partial charge >= 0.3 is 5.97 Å². The Morgan fingerprint density at radius 2 is 1.95 bits per heavy atom. The number of rotatable bonds is 12. The number of nitrogens with one attached hydrogen (secondary N) is 2. The molecule has 2 aromatic heterocycles. The summed E-state index contributed by atoms with van der Waals surface area (Å²) in [6, 6.07) is 14.3. The van der Waals surface area contributed by atoms with Gasteiger partial charge in [-0.1, -0.05) is 56.3 Å². The molecule has 0 amide bonds. The molecule has 41 heavy (non-hydrogen) atoms.